The van der Waals surface area contributed by atoms with Crippen molar-refractivity contribution in [3.63, 3.8) is 0 Å². The van der Waals surface area contributed by atoms with Crippen LogP contribution in [0.15, 0.2) is 12.2 Å². The molecule has 0 unspecified atom stereocenters. The fourth-order valence-corrected chi connectivity index (χ4v) is 2.44. The van der Waals surface area contributed by atoms with Crippen molar-refractivity contribution in [2.24, 2.45) is 0 Å². The molecular formula is C18H36Mg2N2O8+2. The van der Waals surface area contributed by atoms with Crippen LogP contribution in [0.25, 0.3) is 0 Å². The van der Waals surface area contributed by atoms with Gasteiger partial charge in [-0.3, -0.25) is 9.59 Å². The molecule has 0 saturated heterocycles. The molecule has 0 rings (SSSR count). The Kier molecular flexibility index (Phi) is 16.8. The fraction of sp³-hybridized carbons (Fsp3) is 0.667. The lowest BCUT2D eigenvalue weighted by atomic mass is 10.2. The summed E-state index contributed by atoms with van der Waals surface area (Å²) < 4.78 is 11.0. The van der Waals surface area contributed by atoms with E-state index in [0.717, 1.165) is 12.2 Å². The van der Waals surface area contributed by atoms with Gasteiger partial charge in [0.05, 0.1) is 55.1 Å². The number of hydrogen-bond acceptors (Lipinski definition) is 6. The molecule has 0 aromatic rings. The number of carbonyl (C=O) groups excluding carboxylic acids is 2. The smallest absolute Gasteiger partial charge is 0.331 e. The summed E-state index contributed by atoms with van der Waals surface area (Å²) in [6.45, 7) is 0.557. The molecule has 0 aromatic carbocycles. The van der Waals surface area contributed by atoms with E-state index in [2.05, 4.69) is 0 Å². The van der Waals surface area contributed by atoms with Crippen molar-refractivity contribution in [3.05, 3.63) is 12.2 Å². The summed E-state index contributed by atoms with van der Waals surface area (Å²) >= 11 is 0. The Morgan fingerprint density at radius 2 is 0.967 bits per heavy atom. The van der Waals surface area contributed by atoms with E-state index in [-0.39, 0.29) is 72.0 Å². The molecule has 0 saturated carbocycles. The Balaban J connectivity index is -0.00000364. The average Bonchev–Trinajstić information content (AvgIpc) is 2.39. The Morgan fingerprint density at radius 1 is 0.700 bits per heavy atom. The van der Waals surface area contributed by atoms with Crippen molar-refractivity contribution in [1.29, 1.82) is 0 Å². The van der Waals surface area contributed by atoms with E-state index in [9.17, 15) is 19.2 Å². The number of rotatable bonds is 12. The Hall–Kier alpha value is -0.928. The van der Waals surface area contributed by atoms with Crippen LogP contribution < -0.4 is 0 Å². The molecule has 0 amide bonds. The van der Waals surface area contributed by atoms with Gasteiger partial charge in [0.15, 0.2) is 12.2 Å². The molecule has 2 atom stereocenters. The Morgan fingerprint density at radius 3 is 1.17 bits per heavy atom. The van der Waals surface area contributed by atoms with Crippen molar-refractivity contribution in [2.75, 3.05) is 55.4 Å². The van der Waals surface area contributed by atoms with E-state index in [1.54, 1.807) is 0 Å². The molecule has 0 aliphatic heterocycles. The zero-order valence-corrected chi connectivity index (χ0v) is 17.4. The monoisotopic (exact) mass is 456 g/mol. The Labute approximate surface area is 209 Å². The summed E-state index contributed by atoms with van der Waals surface area (Å²) in [6.07, 6.45) is -0.743. The third-order valence-electron chi connectivity index (χ3n) is 3.23. The molecule has 0 radical (unpaired) electrons. The van der Waals surface area contributed by atoms with Gasteiger partial charge in [-0.1, -0.05) is 0 Å². The molecule has 0 aliphatic rings. The largest absolute Gasteiger partial charge is 0.481 e. The topological polar surface area (TPSA) is 127 Å². The molecule has 0 fully saturated rings. The molecule has 0 spiro atoms. The number of esters is 2. The number of nitrogens with zero attached hydrogens (tertiary/aromatic N) is 2. The van der Waals surface area contributed by atoms with Crippen LogP contribution in [-0.4, -0.2) is 157 Å². The van der Waals surface area contributed by atoms with Crippen LogP contribution in [0.4, 0.5) is 0 Å². The van der Waals surface area contributed by atoms with Crippen LogP contribution in [-0.2, 0) is 28.7 Å². The summed E-state index contributed by atoms with van der Waals surface area (Å²) in [4.78, 5) is 45.7. The van der Waals surface area contributed by atoms with Gasteiger partial charge in [0, 0.05) is 12.2 Å². The molecule has 12 heteroatoms. The summed E-state index contributed by atoms with van der Waals surface area (Å²) in [6, 6.07) is 0. The maximum absolute atomic E-state index is 11.9. The van der Waals surface area contributed by atoms with Crippen molar-refractivity contribution < 1.29 is 47.8 Å². The number of carboxylic acids is 2. The number of likely N-dealkylation sites (N-methyl/N-ethyl adjacent to an activating group) is 2. The first-order valence-electron chi connectivity index (χ1n) is 8.71. The summed E-state index contributed by atoms with van der Waals surface area (Å²) in [5.74, 6) is -3.96. The molecule has 2 N–H and O–H groups in total. The predicted molar refractivity (Wildman–Crippen MR) is 116 cm³/mol. The van der Waals surface area contributed by atoms with Gasteiger partial charge in [-0.2, -0.15) is 0 Å². The van der Waals surface area contributed by atoms with Gasteiger partial charge < -0.3 is 28.7 Å². The quantitative estimate of drug-likeness (QED) is 0.148. The van der Waals surface area contributed by atoms with Gasteiger partial charge in [0.2, 0.25) is 0 Å². The maximum atomic E-state index is 11.9. The highest BCUT2D eigenvalue weighted by molar-refractivity contribution is 5.92. The van der Waals surface area contributed by atoms with Gasteiger partial charge in [-0.05, 0) is 0 Å². The summed E-state index contributed by atoms with van der Waals surface area (Å²) in [7, 11) is 11.0. The van der Waals surface area contributed by atoms with Crippen molar-refractivity contribution in [3.8, 4) is 0 Å². The number of quaternary nitrogens is 2. The lowest BCUT2D eigenvalue weighted by molar-refractivity contribution is -0.873. The number of carbonyl (C=O) groups is 4. The van der Waals surface area contributed by atoms with E-state index in [4.69, 9.17) is 19.7 Å². The van der Waals surface area contributed by atoms with Crippen LogP contribution in [0.2, 0.25) is 0 Å². The third-order valence-corrected chi connectivity index (χ3v) is 3.23. The minimum Gasteiger partial charge on any atom is -0.481 e. The second-order valence-electron chi connectivity index (χ2n) is 8.59. The van der Waals surface area contributed by atoms with Crippen molar-refractivity contribution >= 4 is 70.0 Å². The van der Waals surface area contributed by atoms with Crippen LogP contribution in [0.3, 0.4) is 0 Å². The van der Waals surface area contributed by atoms with E-state index in [1.807, 2.05) is 42.3 Å². The zero-order valence-electron chi connectivity index (χ0n) is 17.4. The normalized spacial score (nSPS) is 13.4. The first-order chi connectivity index (χ1) is 12.6. The van der Waals surface area contributed by atoms with Crippen LogP contribution in [0.1, 0.15) is 12.8 Å². The highest BCUT2D eigenvalue weighted by Crippen LogP contribution is 2.08. The number of aliphatic carboxylic acids is 2. The Bertz CT molecular complexity index is 560. The lowest BCUT2D eigenvalue weighted by Crippen LogP contribution is -2.44. The van der Waals surface area contributed by atoms with Gasteiger partial charge >= 0.3 is 70.0 Å². The molecule has 0 heterocycles. The second-order valence-corrected chi connectivity index (χ2v) is 8.59. The van der Waals surface area contributed by atoms with E-state index in [1.165, 1.54) is 0 Å². The van der Waals surface area contributed by atoms with Crippen LogP contribution in [0.5, 0.6) is 0 Å². The lowest BCUT2D eigenvalue weighted by Gasteiger charge is -2.28. The minimum atomic E-state index is -1.11. The second kappa shape index (κ2) is 15.0. The number of hydrogen-bond donors (Lipinski definition) is 2. The predicted octanol–water partition coefficient (Wildman–Crippen LogP) is -2.10. The molecule has 168 valence electrons. The van der Waals surface area contributed by atoms with Gasteiger partial charge in [0.25, 0.3) is 0 Å². The summed E-state index contributed by atoms with van der Waals surface area (Å²) in [5.41, 5.74) is 0. The van der Waals surface area contributed by atoms with Gasteiger partial charge in [-0.25, -0.2) is 9.59 Å². The highest BCUT2D eigenvalue weighted by atomic mass is 24.3. The first-order valence-corrected chi connectivity index (χ1v) is 8.71. The zero-order chi connectivity index (χ0) is 22.1. The average molecular weight is 457 g/mol. The van der Waals surface area contributed by atoms with Gasteiger partial charge in [0.1, 0.15) is 13.1 Å². The van der Waals surface area contributed by atoms with Gasteiger partial charge in [-0.15, -0.1) is 0 Å². The fourth-order valence-electron chi connectivity index (χ4n) is 2.44. The van der Waals surface area contributed by atoms with E-state index >= 15 is 0 Å². The SMILES string of the molecule is C[N+](C)(C)C[C@@H](CC(=O)O)OC(=O)/C=C/C(=O)O[C@H](CC(=O)O)C[N+](C)(C)C.[MgH2].[MgH2]. The molecule has 10 nitrogen and oxygen atoms in total. The van der Waals surface area contributed by atoms with Crippen molar-refractivity contribution in [2.45, 2.75) is 25.0 Å². The van der Waals surface area contributed by atoms with Crippen molar-refractivity contribution in [1.82, 2.24) is 0 Å². The highest BCUT2D eigenvalue weighted by Gasteiger charge is 2.25. The molecule has 30 heavy (non-hydrogen) atoms. The maximum Gasteiger partial charge on any atom is 0.331 e. The molecule has 0 bridgehead atoms. The van der Waals surface area contributed by atoms with Crippen LogP contribution >= 0.6 is 0 Å². The standard InChI is InChI=1S/C18H30N2O8.2Mg.4H/c1-19(2,3)11-13(9-15(21)22)27-17(25)7-8-18(26)28-14(10-16(23)24)12-20(4,5)6;;;;;;/h7-8,13-14H,9-12H2,1-6H3;;;;;;/p+2/b8-7+;;;;;;/t13-,14-;;;;;;/m1....../s1. The molecule has 0 aliphatic carbocycles. The minimum absolute atomic E-state index is 0. The molecular weight excluding hydrogens is 421 g/mol. The summed E-state index contributed by atoms with van der Waals surface area (Å²) in [5, 5.41) is 17.9. The number of carboxylic acid groups (broad SMARTS) is 2. The first kappa shape index (κ1) is 33.7. The van der Waals surface area contributed by atoms with Crippen LogP contribution in [0, 0.1) is 0 Å². The van der Waals surface area contributed by atoms with E-state index < -0.39 is 36.1 Å². The number of ether oxygens (including phenoxy) is 2. The third kappa shape index (κ3) is 20.3. The van der Waals surface area contributed by atoms with E-state index in [0.29, 0.717) is 8.97 Å². The molecule has 0 aromatic heterocycles.